The topological polar surface area (TPSA) is 46.2 Å². The summed E-state index contributed by atoms with van der Waals surface area (Å²) < 4.78 is 95.2. The first kappa shape index (κ1) is 70.0. The summed E-state index contributed by atoms with van der Waals surface area (Å²) in [5.74, 6) is -1.18. The minimum atomic E-state index is -0.762. The predicted molar refractivity (Wildman–Crippen MR) is 499 cm³/mol. The molecule has 17 aromatic carbocycles. The van der Waals surface area contributed by atoms with E-state index in [0.29, 0.717) is 45.7 Å². The van der Waals surface area contributed by atoms with Gasteiger partial charge in [0, 0.05) is 103 Å². The molecule has 16 heteroatoms. The fraction of sp³-hybridized carbons (Fsp3) is 0. The predicted octanol–water partition coefficient (Wildman–Crippen LogP) is 22.0. The number of ether oxygens (including phenoxy) is 2. The van der Waals surface area contributed by atoms with E-state index in [4.69, 9.17) is 9.47 Å². The number of hydrogen-bond acceptors (Lipinski definition) is 6. The van der Waals surface area contributed by atoms with Gasteiger partial charge in [0.25, 0.3) is 20.1 Å². The molecule has 9 nitrogen and oxygen atoms in total. The monoisotopic (exact) mass is 1600 g/mol. The number of aromatic nitrogens is 3. The Morgan fingerprint density at radius 2 is 0.508 bits per heavy atom. The number of para-hydroxylation sites is 9. The zero-order valence-corrected chi connectivity index (χ0v) is 66.1. The Labute approximate surface area is 711 Å². The van der Waals surface area contributed by atoms with Crippen LogP contribution < -0.4 is 78.2 Å². The second-order valence-electron chi connectivity index (χ2n) is 32.7. The van der Waals surface area contributed by atoms with Crippen molar-refractivity contribution in [2.24, 2.45) is 0 Å². The molecule has 580 valence electrons. The molecule has 26 rings (SSSR count). The molecule has 0 spiro atoms. The Balaban J connectivity index is 0.768. The Kier molecular flexibility index (Phi) is 15.1. The van der Waals surface area contributed by atoms with E-state index in [1.807, 2.05) is 140 Å². The Morgan fingerprint density at radius 3 is 0.879 bits per heavy atom. The molecule has 20 aromatic rings. The third-order valence-corrected chi connectivity index (χ3v) is 26.1. The zero-order chi connectivity index (χ0) is 81.8. The van der Waals surface area contributed by atoms with Gasteiger partial charge < -0.3 is 42.8 Å². The van der Waals surface area contributed by atoms with Crippen molar-refractivity contribution in [2.45, 2.75) is 0 Å². The summed E-state index contributed by atoms with van der Waals surface area (Å²) in [6, 6.07) is 130. The van der Waals surface area contributed by atoms with Gasteiger partial charge in [-0.2, -0.15) is 0 Å². The molecule has 6 aliphatic heterocycles. The molecule has 0 radical (unpaired) electrons. The van der Waals surface area contributed by atoms with E-state index in [9.17, 15) is 0 Å². The highest BCUT2D eigenvalue weighted by Gasteiger charge is 2.51. The van der Waals surface area contributed by atoms with E-state index < -0.39 is 43.4 Å². The summed E-state index contributed by atoms with van der Waals surface area (Å²) in [5.41, 5.74) is 25.1. The van der Waals surface area contributed by atoms with Gasteiger partial charge in [-0.1, -0.05) is 243 Å². The van der Waals surface area contributed by atoms with E-state index in [0.717, 1.165) is 167 Å². The fourth-order valence-electron chi connectivity index (χ4n) is 21.1. The van der Waals surface area contributed by atoms with Gasteiger partial charge in [0.1, 0.15) is 57.6 Å². The third-order valence-electron chi connectivity index (χ3n) is 26.1. The SMILES string of the molecule is Fc1cccc(F)c1N1c2cc3c(cc2B2c4ccccc4N(c4ccccc4)c4cc(-n5c(-c6ccccc6)cc6ccccc65)cc1c42)B1c2cc4c(cc2Oc2cc(-n5c(-c6ccccc6)cc6ccccc65)cc(c21)O3)N(c1c(F)cccc1F)c1cc(-n2c(-c3ccccc3)cc3ccccc32)cc2c1B4c1ccccc1N2c1ccccc1. The highest BCUT2D eigenvalue weighted by molar-refractivity contribution is 7.04. The van der Waals surface area contributed by atoms with Gasteiger partial charge in [0.05, 0.1) is 50.7 Å². The lowest BCUT2D eigenvalue weighted by atomic mass is 9.29. The van der Waals surface area contributed by atoms with E-state index in [2.05, 4.69) is 236 Å². The van der Waals surface area contributed by atoms with E-state index >= 15 is 17.6 Å². The number of rotatable bonds is 10. The Morgan fingerprint density at radius 1 is 0.202 bits per heavy atom. The Bertz CT molecular complexity index is 7500. The van der Waals surface area contributed by atoms with E-state index in [-0.39, 0.29) is 11.4 Å². The van der Waals surface area contributed by atoms with Gasteiger partial charge in [0.15, 0.2) is 0 Å². The van der Waals surface area contributed by atoms with Crippen molar-refractivity contribution in [3.63, 3.8) is 0 Å². The molecular formula is C108H64B3F4N7O2. The largest absolute Gasteiger partial charge is 0.458 e. The molecule has 0 saturated carbocycles. The molecule has 0 aliphatic carbocycles. The van der Waals surface area contributed by atoms with Gasteiger partial charge in [-0.25, -0.2) is 17.6 Å². The molecule has 0 N–H and O–H groups in total. The average molecular weight is 1600 g/mol. The zero-order valence-electron chi connectivity index (χ0n) is 66.1. The molecule has 0 bridgehead atoms. The van der Waals surface area contributed by atoms with Crippen molar-refractivity contribution in [2.75, 3.05) is 19.6 Å². The molecule has 0 fully saturated rings. The van der Waals surface area contributed by atoms with Gasteiger partial charge in [-0.05, 0) is 182 Å². The third kappa shape index (κ3) is 10.2. The van der Waals surface area contributed by atoms with Crippen LogP contribution in [0.3, 0.4) is 0 Å². The number of halogens is 4. The fourth-order valence-corrected chi connectivity index (χ4v) is 21.1. The number of nitrogens with zero attached hydrogens (tertiary/aromatic N) is 7. The molecule has 0 atom stereocenters. The van der Waals surface area contributed by atoms with Crippen LogP contribution in [0.2, 0.25) is 0 Å². The number of benzene rings is 17. The second-order valence-corrected chi connectivity index (χ2v) is 32.7. The molecule has 9 heterocycles. The molecule has 0 amide bonds. The summed E-state index contributed by atoms with van der Waals surface area (Å²) in [7, 11) is 0. The van der Waals surface area contributed by atoms with Crippen molar-refractivity contribution in [1.29, 1.82) is 0 Å². The average Bonchev–Trinajstić information content (AvgIpc) is 0.742. The van der Waals surface area contributed by atoms with Crippen molar-refractivity contribution < 1.29 is 27.0 Å². The lowest BCUT2D eigenvalue weighted by molar-refractivity contribution is 0.464. The maximum atomic E-state index is 18.2. The molecule has 6 aliphatic rings. The summed E-state index contributed by atoms with van der Waals surface area (Å²) in [6.07, 6.45) is 0. The van der Waals surface area contributed by atoms with Crippen LogP contribution in [0.4, 0.5) is 85.8 Å². The van der Waals surface area contributed by atoms with Crippen LogP contribution in [-0.4, -0.2) is 33.8 Å². The molecule has 3 aromatic heterocycles. The highest BCUT2D eigenvalue weighted by Crippen LogP contribution is 2.53. The minimum absolute atomic E-state index is 0.261. The second kappa shape index (κ2) is 26.8. The van der Waals surface area contributed by atoms with Crippen molar-refractivity contribution in [3.05, 3.63) is 412 Å². The van der Waals surface area contributed by atoms with Crippen LogP contribution in [0.5, 0.6) is 23.0 Å². The summed E-state index contributed by atoms with van der Waals surface area (Å²) >= 11 is 0. The maximum absolute atomic E-state index is 18.2. The lowest BCUT2D eigenvalue weighted by Gasteiger charge is -2.46. The first-order valence-electron chi connectivity index (χ1n) is 41.8. The molecule has 124 heavy (non-hydrogen) atoms. The summed E-state index contributed by atoms with van der Waals surface area (Å²) in [5, 5.41) is 3.04. The molecule has 0 unspecified atom stereocenters. The van der Waals surface area contributed by atoms with E-state index in [1.54, 1.807) is 9.80 Å². The lowest BCUT2D eigenvalue weighted by Crippen LogP contribution is -2.65. The van der Waals surface area contributed by atoms with Crippen LogP contribution in [0.1, 0.15) is 0 Å². The molecule has 0 saturated heterocycles. The first-order chi connectivity index (χ1) is 61.2. The van der Waals surface area contributed by atoms with Crippen LogP contribution in [0, 0.1) is 23.3 Å². The quantitative estimate of drug-likeness (QED) is 0.100. The van der Waals surface area contributed by atoms with Crippen LogP contribution in [0.15, 0.2) is 388 Å². The van der Waals surface area contributed by atoms with Crippen LogP contribution >= 0.6 is 0 Å². The van der Waals surface area contributed by atoms with Gasteiger partial charge in [-0.15, -0.1) is 0 Å². The van der Waals surface area contributed by atoms with Gasteiger partial charge >= 0.3 is 0 Å². The first-order valence-corrected chi connectivity index (χ1v) is 41.8. The van der Waals surface area contributed by atoms with Crippen molar-refractivity contribution in [3.8, 4) is 73.8 Å². The van der Waals surface area contributed by atoms with E-state index in [1.165, 1.54) is 36.4 Å². The summed E-state index contributed by atoms with van der Waals surface area (Å²) in [4.78, 5) is 8.20. The van der Waals surface area contributed by atoms with Crippen molar-refractivity contribution >= 4 is 170 Å². The minimum Gasteiger partial charge on any atom is -0.458 e. The highest BCUT2D eigenvalue weighted by atomic mass is 19.1. The van der Waals surface area contributed by atoms with Crippen molar-refractivity contribution in [1.82, 2.24) is 13.7 Å². The number of anilines is 12. The van der Waals surface area contributed by atoms with Gasteiger partial charge in [0.2, 0.25) is 0 Å². The van der Waals surface area contributed by atoms with Gasteiger partial charge in [-0.3, -0.25) is 0 Å². The summed E-state index contributed by atoms with van der Waals surface area (Å²) in [6.45, 7) is -1.87. The Hall–Kier alpha value is -15.9. The maximum Gasteiger partial charge on any atom is 0.260 e. The normalized spacial score (nSPS) is 13.3. The smallest absolute Gasteiger partial charge is 0.260 e. The van der Waals surface area contributed by atoms with Crippen LogP contribution in [0.25, 0.3) is 83.5 Å². The van der Waals surface area contributed by atoms with Crippen LogP contribution in [-0.2, 0) is 0 Å². The number of hydrogen-bond donors (Lipinski definition) is 0. The molecular weight excluding hydrogens is 1540 g/mol. The number of fused-ring (bicyclic) bond motifs is 15. The standard InChI is InChI=1S/C108H64B3F4N7O2/c112-82-43-26-44-83(113)107(82)121-94-63-100-80(61-78(94)109-76-41-19-24-50-89(76)116(71-37-12-4-13-38-71)96-55-73(57-98(121)104(96)109)118-86-47-21-16-34-68(86)52-91(118)65-28-6-1-7-29-65)111-81-62-79-95(64-101(81)124-103-60-75(59-102(123-100)106(103)111)120-88-49-23-18-36-70(88)54-93(120)67-32-10-3-11-33-67)122(108-84(114)45-27-46-85(108)115)99-58-74(119-87-48-22-17-35-69(87)53-92(119)66-30-8-2-9-31-66)56-97-105(99)110(79)77-42-20-25-51-90(77)117(97)72-39-14-5-15-40-72/h1-64H.